The van der Waals surface area contributed by atoms with Crippen molar-refractivity contribution >= 4 is 56.7 Å². The van der Waals surface area contributed by atoms with Gasteiger partial charge in [-0.3, -0.25) is 4.79 Å². The first kappa shape index (κ1) is 20.6. The molecule has 0 spiro atoms. The van der Waals surface area contributed by atoms with Gasteiger partial charge in [0.25, 0.3) is 0 Å². The van der Waals surface area contributed by atoms with E-state index in [1.807, 2.05) is 36.4 Å². The Bertz CT molecular complexity index is 946. The molecule has 0 aliphatic carbocycles. The number of nitrogens with zero attached hydrogens (tertiary/aromatic N) is 2. The van der Waals surface area contributed by atoms with E-state index in [4.69, 9.17) is 9.47 Å². The first-order chi connectivity index (χ1) is 14.3. The molecule has 0 atom stereocenters. The third-order valence-electron chi connectivity index (χ3n) is 4.12. The van der Waals surface area contributed by atoms with Crippen molar-refractivity contribution in [1.29, 1.82) is 0 Å². The Balaban J connectivity index is 1.28. The zero-order chi connectivity index (χ0) is 19.9. The van der Waals surface area contributed by atoms with E-state index in [0.29, 0.717) is 5.75 Å². The van der Waals surface area contributed by atoms with Gasteiger partial charge in [0, 0.05) is 24.1 Å². The van der Waals surface area contributed by atoms with Crippen LogP contribution in [0.15, 0.2) is 52.0 Å². The predicted molar refractivity (Wildman–Crippen MR) is 119 cm³/mol. The van der Waals surface area contributed by atoms with E-state index in [0.717, 1.165) is 57.1 Å². The summed E-state index contributed by atoms with van der Waals surface area (Å²) in [5, 5.41) is 3.79. The summed E-state index contributed by atoms with van der Waals surface area (Å²) < 4.78 is 13.2. The van der Waals surface area contributed by atoms with Crippen molar-refractivity contribution in [1.82, 2.24) is 9.97 Å². The van der Waals surface area contributed by atoms with Crippen LogP contribution in [0.1, 0.15) is 12.8 Å². The van der Waals surface area contributed by atoms with Crippen LogP contribution in [0, 0.1) is 0 Å². The highest BCUT2D eigenvalue weighted by Gasteiger charge is 2.14. The Hall–Kier alpha value is -1.65. The monoisotopic (exact) mass is 447 g/mol. The minimum Gasteiger partial charge on any atom is -0.353 e. The number of amides is 1. The van der Waals surface area contributed by atoms with Crippen molar-refractivity contribution < 1.29 is 14.3 Å². The van der Waals surface area contributed by atoms with Gasteiger partial charge in [-0.2, -0.15) is 0 Å². The Morgan fingerprint density at radius 3 is 2.93 bits per heavy atom. The van der Waals surface area contributed by atoms with Gasteiger partial charge in [0.1, 0.15) is 0 Å². The van der Waals surface area contributed by atoms with Crippen molar-refractivity contribution in [2.45, 2.75) is 28.5 Å². The smallest absolute Gasteiger partial charge is 0.234 e. The van der Waals surface area contributed by atoms with Gasteiger partial charge in [0.05, 0.1) is 34.2 Å². The molecule has 29 heavy (non-hydrogen) atoms. The second kappa shape index (κ2) is 10.4. The number of thiazole rings is 1. The normalized spacial score (nSPS) is 14.9. The quantitative estimate of drug-likeness (QED) is 0.503. The summed E-state index contributed by atoms with van der Waals surface area (Å²) in [6.45, 7) is 1.57. The van der Waals surface area contributed by atoms with E-state index in [1.165, 1.54) is 11.8 Å². The third-order valence-corrected chi connectivity index (χ3v) is 7.25. The molecule has 6 nitrogen and oxygen atoms in total. The number of ether oxygens (including phenoxy) is 2. The Labute approximate surface area is 181 Å². The van der Waals surface area contributed by atoms with E-state index in [-0.39, 0.29) is 12.2 Å². The maximum atomic E-state index is 12.2. The summed E-state index contributed by atoms with van der Waals surface area (Å²) in [6, 6.07) is 11.5. The number of nitrogens with one attached hydrogen (secondary N) is 1. The van der Waals surface area contributed by atoms with Crippen LogP contribution in [0.3, 0.4) is 0 Å². The van der Waals surface area contributed by atoms with E-state index in [1.54, 1.807) is 29.3 Å². The van der Waals surface area contributed by atoms with E-state index in [2.05, 4.69) is 15.3 Å². The molecule has 152 valence electrons. The number of carbonyl (C=O) groups excluding carboxylic acids is 1. The average Bonchev–Trinajstić information content (AvgIpc) is 3.16. The van der Waals surface area contributed by atoms with Crippen LogP contribution >= 0.6 is 34.9 Å². The van der Waals surface area contributed by atoms with Crippen LogP contribution < -0.4 is 5.32 Å². The lowest BCUT2D eigenvalue weighted by Crippen LogP contribution is -2.25. The fourth-order valence-electron chi connectivity index (χ4n) is 2.76. The average molecular weight is 448 g/mol. The molecule has 3 aromatic rings. The van der Waals surface area contributed by atoms with E-state index < -0.39 is 0 Å². The molecule has 3 heterocycles. The number of thioether (sulfide) groups is 2. The number of aromatic nitrogens is 2. The van der Waals surface area contributed by atoms with Gasteiger partial charge in [-0.1, -0.05) is 29.6 Å². The molecule has 4 rings (SSSR count). The summed E-state index contributed by atoms with van der Waals surface area (Å²) in [4.78, 5) is 21.1. The third kappa shape index (κ3) is 6.16. The molecule has 1 amide bonds. The van der Waals surface area contributed by atoms with E-state index in [9.17, 15) is 4.79 Å². The lowest BCUT2D eigenvalue weighted by Gasteiger charge is -2.22. The van der Waals surface area contributed by atoms with Crippen molar-refractivity contribution in [3.63, 3.8) is 0 Å². The first-order valence-corrected chi connectivity index (χ1v) is 12.2. The summed E-state index contributed by atoms with van der Waals surface area (Å²) in [5.74, 6) is 1.18. The minimum absolute atomic E-state index is 0.0494. The number of anilines is 1. The highest BCUT2D eigenvalue weighted by atomic mass is 32.2. The minimum atomic E-state index is -0.0867. The molecule has 1 fully saturated rings. The molecule has 1 saturated heterocycles. The number of hydrogen-bond acceptors (Lipinski definition) is 8. The van der Waals surface area contributed by atoms with Crippen LogP contribution in [0.4, 0.5) is 5.69 Å². The Kier molecular flexibility index (Phi) is 7.39. The van der Waals surface area contributed by atoms with Gasteiger partial charge in [0.2, 0.25) is 5.91 Å². The number of carbonyl (C=O) groups is 1. The SMILES string of the molecule is O=C(CSc1ccccn1)Nc1ccc2nc(SCCC3OCCCO3)sc2c1. The molecule has 1 N–H and O–H groups in total. The predicted octanol–water partition coefficient (Wildman–Crippen LogP) is 4.67. The van der Waals surface area contributed by atoms with Crippen LogP contribution in [0.2, 0.25) is 0 Å². The second-order valence-electron chi connectivity index (χ2n) is 6.33. The van der Waals surface area contributed by atoms with Gasteiger partial charge in [-0.05, 0) is 36.8 Å². The molecule has 0 unspecified atom stereocenters. The van der Waals surface area contributed by atoms with Gasteiger partial charge in [0.15, 0.2) is 10.6 Å². The summed E-state index contributed by atoms with van der Waals surface area (Å²) >= 11 is 4.77. The van der Waals surface area contributed by atoms with Crippen molar-refractivity contribution in [2.75, 3.05) is 30.0 Å². The summed E-state index contributed by atoms with van der Waals surface area (Å²) in [7, 11) is 0. The molecular weight excluding hydrogens is 426 g/mol. The summed E-state index contributed by atoms with van der Waals surface area (Å²) in [6.07, 6.45) is 3.47. The molecule has 0 saturated carbocycles. The molecule has 1 aliphatic rings. The van der Waals surface area contributed by atoms with Gasteiger partial charge >= 0.3 is 0 Å². The summed E-state index contributed by atoms with van der Waals surface area (Å²) in [5.41, 5.74) is 1.73. The second-order valence-corrected chi connectivity index (χ2v) is 9.70. The lowest BCUT2D eigenvalue weighted by molar-refractivity contribution is -0.178. The van der Waals surface area contributed by atoms with Gasteiger partial charge in [-0.15, -0.1) is 11.3 Å². The fourth-order valence-corrected chi connectivity index (χ4v) is 5.56. The number of pyridine rings is 1. The molecule has 0 bridgehead atoms. The Morgan fingerprint density at radius 2 is 2.10 bits per heavy atom. The lowest BCUT2D eigenvalue weighted by atomic mass is 10.3. The largest absolute Gasteiger partial charge is 0.353 e. The molecule has 2 aromatic heterocycles. The number of hydrogen-bond donors (Lipinski definition) is 1. The van der Waals surface area contributed by atoms with Crippen molar-refractivity contribution in [2.24, 2.45) is 0 Å². The number of rotatable bonds is 8. The standard InChI is InChI=1S/C20H21N3O3S3/c24-17(13-28-18-4-1-2-8-21-18)22-14-5-6-15-16(12-14)29-20(23-15)27-11-7-19-25-9-3-10-26-19/h1-2,4-6,8,12,19H,3,7,9-11,13H2,(H,22,24). The number of benzene rings is 1. The molecule has 1 aliphatic heterocycles. The molecule has 0 radical (unpaired) electrons. The number of fused-ring (bicyclic) bond motifs is 1. The zero-order valence-electron chi connectivity index (χ0n) is 15.7. The maximum absolute atomic E-state index is 12.2. The van der Waals surface area contributed by atoms with Crippen LogP contribution in [0.25, 0.3) is 10.2 Å². The van der Waals surface area contributed by atoms with Crippen LogP contribution in [-0.4, -0.2) is 46.9 Å². The van der Waals surface area contributed by atoms with Gasteiger partial charge in [-0.25, -0.2) is 9.97 Å². The fraction of sp³-hybridized carbons (Fsp3) is 0.350. The highest BCUT2D eigenvalue weighted by molar-refractivity contribution is 8.01. The highest BCUT2D eigenvalue weighted by Crippen LogP contribution is 2.32. The van der Waals surface area contributed by atoms with Crippen LogP contribution in [0.5, 0.6) is 0 Å². The van der Waals surface area contributed by atoms with Gasteiger partial charge < -0.3 is 14.8 Å². The maximum Gasteiger partial charge on any atom is 0.234 e. The van der Waals surface area contributed by atoms with Crippen molar-refractivity contribution in [3.05, 3.63) is 42.6 Å². The zero-order valence-corrected chi connectivity index (χ0v) is 18.2. The Morgan fingerprint density at radius 1 is 1.21 bits per heavy atom. The van der Waals surface area contributed by atoms with Crippen LogP contribution in [-0.2, 0) is 14.3 Å². The van der Waals surface area contributed by atoms with E-state index >= 15 is 0 Å². The molecule has 1 aromatic carbocycles. The first-order valence-electron chi connectivity index (χ1n) is 9.36. The van der Waals surface area contributed by atoms with Crippen molar-refractivity contribution in [3.8, 4) is 0 Å². The molecular formula is C20H21N3O3S3. The molecule has 9 heteroatoms. The topological polar surface area (TPSA) is 73.3 Å².